The van der Waals surface area contributed by atoms with E-state index in [0.29, 0.717) is 0 Å². The van der Waals surface area contributed by atoms with E-state index in [-0.39, 0.29) is 6.04 Å². The molecular formula is C25H26N4O. The highest BCUT2D eigenvalue weighted by Crippen LogP contribution is 2.28. The van der Waals surface area contributed by atoms with Gasteiger partial charge in [0.05, 0.1) is 11.4 Å². The van der Waals surface area contributed by atoms with Gasteiger partial charge in [0.15, 0.2) is 0 Å². The third-order valence-corrected chi connectivity index (χ3v) is 5.21. The molecule has 0 saturated heterocycles. The van der Waals surface area contributed by atoms with Gasteiger partial charge in [-0.15, -0.1) is 0 Å². The number of pyridine rings is 1. The minimum absolute atomic E-state index is 0.209. The number of benzene rings is 2. The number of rotatable bonds is 7. The summed E-state index contributed by atoms with van der Waals surface area (Å²) in [7, 11) is 4.08. The predicted molar refractivity (Wildman–Crippen MR) is 119 cm³/mol. The molecule has 2 aromatic carbocycles. The van der Waals surface area contributed by atoms with Crippen LogP contribution in [0.4, 0.5) is 0 Å². The Labute approximate surface area is 177 Å². The zero-order chi connectivity index (χ0) is 20.9. The minimum Gasteiger partial charge on any atom is -0.457 e. The number of aryl methyl sites for hydroxylation is 1. The van der Waals surface area contributed by atoms with Crippen LogP contribution in [0.1, 0.15) is 24.2 Å². The Morgan fingerprint density at radius 3 is 2.33 bits per heavy atom. The molecule has 1 unspecified atom stereocenters. The Morgan fingerprint density at radius 1 is 0.933 bits per heavy atom. The van der Waals surface area contributed by atoms with Gasteiger partial charge in [0.1, 0.15) is 11.5 Å². The summed E-state index contributed by atoms with van der Waals surface area (Å²) < 4.78 is 7.78. The Balaban J connectivity index is 1.51. The molecule has 0 amide bonds. The molecule has 0 saturated carbocycles. The number of nitrogens with zero attached hydrogens (tertiary/aromatic N) is 4. The second-order valence-corrected chi connectivity index (χ2v) is 7.46. The molecule has 4 rings (SSSR count). The summed E-state index contributed by atoms with van der Waals surface area (Å²) in [6.45, 7) is 2.96. The van der Waals surface area contributed by atoms with Crippen molar-refractivity contribution in [3.8, 4) is 22.8 Å². The van der Waals surface area contributed by atoms with Crippen LogP contribution >= 0.6 is 0 Å². The number of hydrogen-bond acceptors (Lipinski definition) is 4. The fourth-order valence-corrected chi connectivity index (χ4v) is 3.46. The number of para-hydroxylation sites is 1. The molecular weight excluding hydrogens is 372 g/mol. The maximum atomic E-state index is 5.91. The largest absolute Gasteiger partial charge is 0.457 e. The van der Waals surface area contributed by atoms with Gasteiger partial charge in [0, 0.05) is 43.2 Å². The van der Waals surface area contributed by atoms with Gasteiger partial charge < -0.3 is 4.74 Å². The monoisotopic (exact) mass is 398 g/mol. The van der Waals surface area contributed by atoms with E-state index >= 15 is 0 Å². The van der Waals surface area contributed by atoms with Crippen LogP contribution in [-0.4, -0.2) is 26.7 Å². The van der Waals surface area contributed by atoms with Crippen LogP contribution in [0.25, 0.3) is 11.3 Å². The molecule has 0 spiro atoms. The second-order valence-electron chi connectivity index (χ2n) is 7.46. The van der Waals surface area contributed by atoms with Gasteiger partial charge in [-0.2, -0.15) is 5.10 Å². The average Bonchev–Trinajstić information content (AvgIpc) is 3.15. The second kappa shape index (κ2) is 8.93. The summed E-state index contributed by atoms with van der Waals surface area (Å²) in [5.74, 6) is 1.64. The fraction of sp³-hybridized carbons (Fsp3) is 0.200. The molecule has 5 heteroatoms. The van der Waals surface area contributed by atoms with Gasteiger partial charge >= 0.3 is 0 Å². The van der Waals surface area contributed by atoms with Crippen LogP contribution in [0, 0.1) is 0 Å². The third-order valence-electron chi connectivity index (χ3n) is 5.21. The summed E-state index contributed by atoms with van der Waals surface area (Å²) >= 11 is 0. The molecule has 0 aliphatic rings. The van der Waals surface area contributed by atoms with Crippen LogP contribution in [0.5, 0.6) is 11.5 Å². The molecule has 152 valence electrons. The van der Waals surface area contributed by atoms with E-state index in [4.69, 9.17) is 9.84 Å². The predicted octanol–water partition coefficient (Wildman–Crippen LogP) is 5.47. The molecule has 0 aliphatic carbocycles. The van der Waals surface area contributed by atoms with Crippen molar-refractivity contribution in [3.63, 3.8) is 0 Å². The molecule has 2 aromatic heterocycles. The molecule has 0 bridgehead atoms. The van der Waals surface area contributed by atoms with Gasteiger partial charge in [-0.3, -0.25) is 14.6 Å². The highest BCUT2D eigenvalue weighted by Gasteiger charge is 2.17. The van der Waals surface area contributed by atoms with Crippen LogP contribution < -0.4 is 4.74 Å². The van der Waals surface area contributed by atoms with Crippen molar-refractivity contribution in [2.75, 3.05) is 7.05 Å². The van der Waals surface area contributed by atoms with Crippen molar-refractivity contribution < 1.29 is 4.74 Å². The standard InChI is InChI=1S/C25H26N4O/c1-19(24-11-7-8-16-26-24)28(2)17-21-18-29(3)27-25(21)20-12-14-23(15-13-20)30-22-9-5-4-6-10-22/h4-16,18-19H,17H2,1-3H3. The van der Waals surface area contributed by atoms with Gasteiger partial charge in [-0.05, 0) is 62.5 Å². The van der Waals surface area contributed by atoms with Crippen molar-refractivity contribution in [2.45, 2.75) is 19.5 Å². The van der Waals surface area contributed by atoms with Crippen molar-refractivity contribution in [1.82, 2.24) is 19.7 Å². The lowest BCUT2D eigenvalue weighted by atomic mass is 10.1. The molecule has 0 radical (unpaired) electrons. The topological polar surface area (TPSA) is 43.2 Å². The summed E-state index contributed by atoms with van der Waals surface area (Å²) in [5.41, 5.74) is 4.31. The zero-order valence-corrected chi connectivity index (χ0v) is 17.6. The van der Waals surface area contributed by atoms with Crippen molar-refractivity contribution in [2.24, 2.45) is 7.05 Å². The third kappa shape index (κ3) is 4.58. The maximum absolute atomic E-state index is 5.91. The summed E-state index contributed by atoms with van der Waals surface area (Å²) in [6.07, 6.45) is 3.93. The average molecular weight is 399 g/mol. The molecule has 5 nitrogen and oxygen atoms in total. The highest BCUT2D eigenvalue weighted by atomic mass is 16.5. The summed E-state index contributed by atoms with van der Waals surface area (Å²) in [4.78, 5) is 6.78. The van der Waals surface area contributed by atoms with Crippen molar-refractivity contribution in [1.29, 1.82) is 0 Å². The molecule has 0 N–H and O–H groups in total. The smallest absolute Gasteiger partial charge is 0.127 e. The van der Waals surface area contributed by atoms with E-state index in [9.17, 15) is 0 Å². The Bertz CT molecular complexity index is 1080. The molecule has 4 aromatic rings. The molecule has 1 atom stereocenters. The summed E-state index contributed by atoms with van der Waals surface area (Å²) in [5, 5.41) is 4.71. The SMILES string of the molecule is CC(c1ccccn1)N(C)Cc1cn(C)nc1-c1ccc(Oc2ccccc2)cc1. The molecule has 30 heavy (non-hydrogen) atoms. The van der Waals surface area contributed by atoms with E-state index in [0.717, 1.165) is 35.0 Å². The Hall–Kier alpha value is -3.44. The van der Waals surface area contributed by atoms with Gasteiger partial charge in [0.25, 0.3) is 0 Å². The maximum Gasteiger partial charge on any atom is 0.127 e. The number of aromatic nitrogens is 3. The first-order chi connectivity index (χ1) is 14.6. The number of ether oxygens (including phenoxy) is 1. The van der Waals surface area contributed by atoms with Crippen molar-refractivity contribution >= 4 is 0 Å². The first-order valence-corrected chi connectivity index (χ1v) is 10.1. The summed E-state index contributed by atoms with van der Waals surface area (Å²) in [6, 6.07) is 24.1. The van der Waals surface area contributed by atoms with E-state index in [2.05, 4.69) is 48.3 Å². The van der Waals surface area contributed by atoms with Gasteiger partial charge in [-0.25, -0.2) is 0 Å². The first-order valence-electron chi connectivity index (χ1n) is 10.1. The van der Waals surface area contributed by atoms with E-state index in [1.54, 1.807) is 0 Å². The number of hydrogen-bond donors (Lipinski definition) is 0. The lowest BCUT2D eigenvalue weighted by molar-refractivity contribution is 0.249. The highest BCUT2D eigenvalue weighted by molar-refractivity contribution is 5.63. The van der Waals surface area contributed by atoms with Crippen molar-refractivity contribution in [3.05, 3.63) is 96.4 Å². The van der Waals surface area contributed by atoms with E-state index < -0.39 is 0 Å². The van der Waals surface area contributed by atoms with Crippen LogP contribution in [0.3, 0.4) is 0 Å². The molecule has 0 fully saturated rings. The molecule has 2 heterocycles. The zero-order valence-electron chi connectivity index (χ0n) is 17.6. The fourth-order valence-electron chi connectivity index (χ4n) is 3.46. The van der Waals surface area contributed by atoms with E-state index in [1.165, 1.54) is 5.56 Å². The Kier molecular flexibility index (Phi) is 5.91. The van der Waals surface area contributed by atoms with Crippen LogP contribution in [0.15, 0.2) is 85.2 Å². The first kappa shape index (κ1) is 19.9. The van der Waals surface area contributed by atoms with Gasteiger partial charge in [0.2, 0.25) is 0 Å². The van der Waals surface area contributed by atoms with Crippen LogP contribution in [-0.2, 0) is 13.6 Å². The van der Waals surface area contributed by atoms with Crippen LogP contribution in [0.2, 0.25) is 0 Å². The van der Waals surface area contributed by atoms with E-state index in [1.807, 2.05) is 72.5 Å². The minimum atomic E-state index is 0.209. The molecule has 0 aliphatic heterocycles. The lowest BCUT2D eigenvalue weighted by Gasteiger charge is -2.24. The normalized spacial score (nSPS) is 12.1. The Morgan fingerprint density at radius 2 is 1.63 bits per heavy atom. The lowest BCUT2D eigenvalue weighted by Crippen LogP contribution is -2.22. The van der Waals surface area contributed by atoms with Gasteiger partial charge in [-0.1, -0.05) is 24.3 Å². The quantitative estimate of drug-likeness (QED) is 0.414.